The highest BCUT2D eigenvalue weighted by Crippen LogP contribution is 2.62. The van der Waals surface area contributed by atoms with Crippen molar-refractivity contribution in [2.45, 2.75) is 115 Å². The summed E-state index contributed by atoms with van der Waals surface area (Å²) in [5.41, 5.74) is -8.00. The first-order valence-electron chi connectivity index (χ1n) is 16.1. The van der Waals surface area contributed by atoms with Gasteiger partial charge in [0.05, 0.1) is 36.4 Å². The minimum atomic E-state index is -2.23. The molecule has 6 N–H and O–H groups in total. The number of aliphatic hydroxyl groups excluding tert-OH is 3. The smallest absolute Gasteiger partial charge is 0.408 e. The number of ketones is 2. The molecule has 0 aromatic heterocycles. The summed E-state index contributed by atoms with van der Waals surface area (Å²) in [7, 11) is 0. The standard InChI is InChI=1S/C34H47NO12/c1-16-18(46-28(41)24(38)22(17-11-9-8-10-12-17)35-29(42)47-30(2,3)4)14-34(44)27(40)25-32(7,19(36)13-20-33(25,43)15-45-20)26(39)23(37)21(16)31(34,5)6/h8-12,16,18-22,24-25,27,36,38,40,43-44H,13-15H2,1-7H3,(H,35,42)/t16?,18-,19-,20+,21?,22-,24+,25?,27-,32+,33-,34+/m0/s1. The molecule has 3 saturated carbocycles. The van der Waals surface area contributed by atoms with Crippen LogP contribution in [-0.4, -0.2) is 103 Å². The van der Waals surface area contributed by atoms with Crippen LogP contribution in [0.1, 0.15) is 72.9 Å². The predicted octanol–water partition coefficient (Wildman–Crippen LogP) is 0.968. The summed E-state index contributed by atoms with van der Waals surface area (Å²) in [6.45, 7) is 10.6. The highest BCUT2D eigenvalue weighted by atomic mass is 16.6. The van der Waals surface area contributed by atoms with Crippen LogP contribution < -0.4 is 5.32 Å². The molecule has 1 amide bonds. The fourth-order valence-corrected chi connectivity index (χ4v) is 8.59. The van der Waals surface area contributed by atoms with E-state index in [2.05, 4.69) is 5.32 Å². The topological polar surface area (TPSA) is 209 Å². The first-order valence-corrected chi connectivity index (χ1v) is 16.1. The molecule has 1 aromatic carbocycles. The highest BCUT2D eigenvalue weighted by Gasteiger charge is 2.76. The fraction of sp³-hybridized carbons (Fsp3) is 0.706. The van der Waals surface area contributed by atoms with E-state index in [1.807, 2.05) is 0 Å². The monoisotopic (exact) mass is 661 g/mol. The third-order valence-corrected chi connectivity index (χ3v) is 11.4. The summed E-state index contributed by atoms with van der Waals surface area (Å²) in [5, 5.41) is 61.2. The van der Waals surface area contributed by atoms with Crippen molar-refractivity contribution < 1.29 is 58.9 Å². The van der Waals surface area contributed by atoms with Gasteiger partial charge in [-0.2, -0.15) is 0 Å². The average molecular weight is 662 g/mol. The van der Waals surface area contributed by atoms with E-state index >= 15 is 0 Å². The molecule has 12 atom stereocenters. The van der Waals surface area contributed by atoms with Crippen molar-refractivity contribution in [2.75, 3.05) is 6.61 Å². The van der Waals surface area contributed by atoms with Crippen LogP contribution >= 0.6 is 0 Å². The van der Waals surface area contributed by atoms with E-state index in [0.29, 0.717) is 5.56 Å². The van der Waals surface area contributed by atoms with Crippen molar-refractivity contribution in [3.8, 4) is 0 Å². The lowest BCUT2D eigenvalue weighted by Crippen LogP contribution is -2.81. The lowest BCUT2D eigenvalue weighted by molar-refractivity contribution is -0.349. The number of alkyl carbamates (subject to hydrolysis) is 1. The Labute approximate surface area is 273 Å². The second-order valence-corrected chi connectivity index (χ2v) is 15.6. The van der Waals surface area contributed by atoms with Crippen LogP contribution in [0.3, 0.4) is 0 Å². The van der Waals surface area contributed by atoms with Crippen molar-refractivity contribution in [3.05, 3.63) is 35.9 Å². The zero-order valence-corrected chi connectivity index (χ0v) is 27.8. The minimum absolute atomic E-state index is 0.144. The Balaban J connectivity index is 1.49. The number of nitrogens with one attached hydrogen (secondary N) is 1. The average Bonchev–Trinajstić information content (AvgIpc) is 2.98. The number of hydrogen-bond donors (Lipinski definition) is 6. The molecule has 13 heteroatoms. The second-order valence-electron chi connectivity index (χ2n) is 15.6. The van der Waals surface area contributed by atoms with Crippen LogP contribution in [0.25, 0.3) is 0 Å². The number of hydrogen-bond acceptors (Lipinski definition) is 12. The van der Waals surface area contributed by atoms with Gasteiger partial charge in [0.1, 0.15) is 22.9 Å². The summed E-state index contributed by atoms with van der Waals surface area (Å²) < 4.78 is 16.6. The number of fused-ring (bicyclic) bond motifs is 5. The highest BCUT2D eigenvalue weighted by molar-refractivity contribution is 6.40. The van der Waals surface area contributed by atoms with Gasteiger partial charge < -0.3 is 45.1 Å². The number of carbonyl (C=O) groups excluding carboxylic acids is 4. The van der Waals surface area contributed by atoms with Gasteiger partial charge in [-0.1, -0.05) is 51.1 Å². The molecule has 4 fully saturated rings. The van der Waals surface area contributed by atoms with E-state index in [-0.39, 0.29) is 13.0 Å². The zero-order valence-electron chi connectivity index (χ0n) is 27.8. The van der Waals surface area contributed by atoms with Crippen LogP contribution in [0.2, 0.25) is 0 Å². The van der Waals surface area contributed by atoms with Gasteiger partial charge in [0.2, 0.25) is 11.6 Å². The number of esters is 1. The van der Waals surface area contributed by atoms with Crippen LogP contribution in [0.15, 0.2) is 30.3 Å². The van der Waals surface area contributed by atoms with Crippen molar-refractivity contribution in [2.24, 2.45) is 28.6 Å². The molecule has 13 nitrogen and oxygen atoms in total. The summed E-state index contributed by atoms with van der Waals surface area (Å²) in [6.07, 6.45) is -9.02. The third kappa shape index (κ3) is 5.39. The van der Waals surface area contributed by atoms with Gasteiger partial charge in [-0.05, 0) is 33.3 Å². The van der Waals surface area contributed by atoms with Gasteiger partial charge in [-0.25, -0.2) is 9.59 Å². The minimum Gasteiger partial charge on any atom is -0.460 e. The first-order chi connectivity index (χ1) is 21.6. The van der Waals surface area contributed by atoms with E-state index in [4.69, 9.17) is 14.2 Å². The van der Waals surface area contributed by atoms with Crippen LogP contribution in [0.5, 0.6) is 0 Å². The van der Waals surface area contributed by atoms with E-state index in [1.54, 1.807) is 58.0 Å². The number of ether oxygens (including phenoxy) is 3. The molecule has 1 saturated heterocycles. The second kappa shape index (κ2) is 11.6. The van der Waals surface area contributed by atoms with Gasteiger partial charge in [-0.3, -0.25) is 9.59 Å². The van der Waals surface area contributed by atoms with E-state index in [9.17, 15) is 44.7 Å². The van der Waals surface area contributed by atoms with Gasteiger partial charge >= 0.3 is 12.1 Å². The molecule has 3 aliphatic carbocycles. The van der Waals surface area contributed by atoms with Crippen molar-refractivity contribution in [3.63, 3.8) is 0 Å². The largest absolute Gasteiger partial charge is 0.460 e. The Bertz CT molecular complexity index is 1430. The lowest BCUT2D eigenvalue weighted by atomic mass is 9.42. The molecule has 0 radical (unpaired) electrons. The van der Waals surface area contributed by atoms with E-state index in [0.717, 1.165) is 0 Å². The number of Topliss-reactive ketones (excluding diaryl/α,β-unsaturated/α-hetero) is 2. The first kappa shape index (κ1) is 35.4. The summed E-state index contributed by atoms with van der Waals surface area (Å²) in [4.78, 5) is 54.6. The maximum atomic E-state index is 14.2. The summed E-state index contributed by atoms with van der Waals surface area (Å²) in [6, 6.07) is 6.87. The van der Waals surface area contributed by atoms with Gasteiger partial charge in [0, 0.05) is 36.0 Å². The third-order valence-electron chi connectivity index (χ3n) is 11.4. The molecule has 1 heterocycles. The van der Waals surface area contributed by atoms with Crippen LogP contribution in [0.4, 0.5) is 4.79 Å². The number of carbonyl (C=O) groups is 4. The molecule has 1 aliphatic heterocycles. The molecular formula is C34H47NO12. The number of aliphatic hydroxyl groups is 5. The van der Waals surface area contributed by atoms with Crippen LogP contribution in [-0.2, 0) is 28.6 Å². The van der Waals surface area contributed by atoms with Gasteiger partial charge in [0.25, 0.3) is 0 Å². The lowest BCUT2D eigenvalue weighted by Gasteiger charge is -2.67. The predicted molar refractivity (Wildman–Crippen MR) is 163 cm³/mol. The number of rotatable bonds is 5. The number of benzene rings is 1. The molecule has 260 valence electrons. The molecule has 2 bridgehead atoms. The molecule has 0 spiro atoms. The Morgan fingerprint density at radius 3 is 2.23 bits per heavy atom. The molecule has 47 heavy (non-hydrogen) atoms. The summed E-state index contributed by atoms with van der Waals surface area (Å²) in [5.74, 6) is -6.83. The van der Waals surface area contributed by atoms with E-state index in [1.165, 1.54) is 20.8 Å². The number of amides is 1. The van der Waals surface area contributed by atoms with Gasteiger partial charge in [-0.15, -0.1) is 0 Å². The maximum absolute atomic E-state index is 14.2. The van der Waals surface area contributed by atoms with E-state index < -0.39 is 112 Å². The molecule has 5 rings (SSSR count). The summed E-state index contributed by atoms with van der Waals surface area (Å²) >= 11 is 0. The molecular weight excluding hydrogens is 614 g/mol. The van der Waals surface area contributed by atoms with Crippen molar-refractivity contribution in [1.29, 1.82) is 0 Å². The Morgan fingerprint density at radius 2 is 1.68 bits per heavy atom. The van der Waals surface area contributed by atoms with Crippen molar-refractivity contribution >= 4 is 23.6 Å². The zero-order chi connectivity index (χ0) is 35.1. The Kier molecular flexibility index (Phi) is 8.72. The SMILES string of the molecule is CC1C2C(=O)C(=O)[C@@]3(C)C([C@H](O)[C@](O)(C[C@@H]1OC(=O)[C@H](O)[C@@H](NC(=O)OC(C)(C)C)c1ccccc1)C2(C)C)[C@]1(O)CO[C@@H]1C[C@@H]3O. The van der Waals surface area contributed by atoms with Gasteiger partial charge in [0.15, 0.2) is 6.10 Å². The van der Waals surface area contributed by atoms with Crippen molar-refractivity contribution in [1.82, 2.24) is 5.32 Å². The fourth-order valence-electron chi connectivity index (χ4n) is 8.59. The normalized spacial score (nSPS) is 40.7. The molecule has 4 aliphatic rings. The Hall–Kier alpha value is -2.94. The van der Waals surface area contributed by atoms with Crippen LogP contribution in [0, 0.1) is 28.6 Å². The molecule has 1 aromatic rings. The quantitative estimate of drug-likeness (QED) is 0.193. The Morgan fingerprint density at radius 1 is 1.06 bits per heavy atom. The maximum Gasteiger partial charge on any atom is 0.408 e. The molecule has 3 unspecified atom stereocenters.